The molecule has 3 aromatic rings. The molecule has 5 nitrogen and oxygen atoms in total. The second-order valence-corrected chi connectivity index (χ2v) is 6.53. The molecule has 0 fully saturated rings. The van der Waals surface area contributed by atoms with Gasteiger partial charge in [-0.1, -0.05) is 24.3 Å². The van der Waals surface area contributed by atoms with E-state index < -0.39 is 0 Å². The van der Waals surface area contributed by atoms with E-state index in [0.29, 0.717) is 19.1 Å². The lowest BCUT2D eigenvalue weighted by Crippen LogP contribution is -2.32. The lowest BCUT2D eigenvalue weighted by atomic mass is 10.0. The zero-order chi connectivity index (χ0) is 18.2. The molecule has 3 N–H and O–H groups in total. The number of nitrogens with two attached hydrogens (primary N) is 1. The van der Waals surface area contributed by atoms with Gasteiger partial charge in [-0.3, -0.25) is 4.98 Å². The second-order valence-electron chi connectivity index (χ2n) is 6.53. The van der Waals surface area contributed by atoms with Crippen LogP contribution in [0.4, 0.5) is 0 Å². The van der Waals surface area contributed by atoms with Crippen LogP contribution in [0, 0.1) is 6.92 Å². The topological polar surface area (TPSA) is 68.8 Å². The lowest BCUT2D eigenvalue weighted by molar-refractivity contribution is 0.453. The highest BCUT2D eigenvalue weighted by atomic mass is 15.1. The summed E-state index contributed by atoms with van der Waals surface area (Å²) >= 11 is 0. The molecule has 0 amide bonds. The number of nitrogens with zero attached hydrogens (tertiary/aromatic N) is 3. The number of hydrogen-bond acceptors (Lipinski definition) is 4. The van der Waals surface area contributed by atoms with Crippen LogP contribution >= 0.6 is 0 Å². The number of pyridine rings is 1. The summed E-state index contributed by atoms with van der Waals surface area (Å²) in [6.07, 6.45) is 8.64. The maximum absolute atomic E-state index is 5.73. The Morgan fingerprint density at radius 1 is 1.08 bits per heavy atom. The first-order chi connectivity index (χ1) is 12.8. The highest BCUT2D eigenvalue weighted by molar-refractivity contribution is 5.32. The zero-order valence-corrected chi connectivity index (χ0v) is 15.3. The van der Waals surface area contributed by atoms with Crippen LogP contribution < -0.4 is 11.1 Å². The molecule has 0 aliphatic heterocycles. The fourth-order valence-corrected chi connectivity index (χ4v) is 3.13. The van der Waals surface area contributed by atoms with E-state index in [1.165, 1.54) is 5.56 Å². The summed E-state index contributed by atoms with van der Waals surface area (Å²) in [5.41, 5.74) is 9.24. The third kappa shape index (κ3) is 4.77. The normalized spacial score (nSPS) is 12.2. The molecule has 26 heavy (non-hydrogen) atoms. The van der Waals surface area contributed by atoms with Gasteiger partial charge in [-0.15, -0.1) is 0 Å². The number of para-hydroxylation sites is 1. The summed E-state index contributed by atoms with van der Waals surface area (Å²) in [4.78, 5) is 9.07. The molecule has 3 rings (SSSR count). The number of hydrogen-bond donors (Lipinski definition) is 2. The Morgan fingerprint density at radius 3 is 2.69 bits per heavy atom. The van der Waals surface area contributed by atoms with Crippen LogP contribution in [-0.2, 0) is 13.0 Å². The highest BCUT2D eigenvalue weighted by Crippen LogP contribution is 2.13. The van der Waals surface area contributed by atoms with E-state index >= 15 is 0 Å². The molecular weight excluding hydrogens is 322 g/mol. The monoisotopic (exact) mass is 349 g/mol. The van der Waals surface area contributed by atoms with Crippen molar-refractivity contribution < 1.29 is 0 Å². The van der Waals surface area contributed by atoms with E-state index in [1.54, 1.807) is 0 Å². The molecule has 2 aromatic heterocycles. The van der Waals surface area contributed by atoms with Crippen molar-refractivity contribution in [3.05, 3.63) is 78.1 Å². The smallest absolute Gasteiger partial charge is 0.127 e. The van der Waals surface area contributed by atoms with E-state index in [4.69, 9.17) is 5.73 Å². The number of rotatable bonds is 9. The predicted octanol–water partition coefficient (Wildman–Crippen LogP) is 3.02. The second kappa shape index (κ2) is 9.27. The minimum atomic E-state index is 0.327. The summed E-state index contributed by atoms with van der Waals surface area (Å²) in [7, 11) is 0. The summed E-state index contributed by atoms with van der Waals surface area (Å²) in [6.45, 7) is 3.53. The molecule has 0 bridgehead atoms. The Balaban J connectivity index is 1.69. The molecule has 5 heteroatoms. The Bertz CT molecular complexity index is 797. The van der Waals surface area contributed by atoms with Gasteiger partial charge in [0, 0.05) is 42.4 Å². The van der Waals surface area contributed by atoms with E-state index in [0.717, 1.165) is 36.5 Å². The Morgan fingerprint density at radius 2 is 1.92 bits per heavy atom. The van der Waals surface area contributed by atoms with Gasteiger partial charge in [-0.2, -0.15) is 0 Å². The average Bonchev–Trinajstić information content (AvgIpc) is 3.15. The molecule has 1 aromatic carbocycles. The Kier molecular flexibility index (Phi) is 6.52. The van der Waals surface area contributed by atoms with Gasteiger partial charge in [0.2, 0.25) is 0 Å². The zero-order valence-electron chi connectivity index (χ0n) is 15.3. The van der Waals surface area contributed by atoms with Gasteiger partial charge in [0.05, 0.1) is 6.54 Å². The molecule has 136 valence electrons. The van der Waals surface area contributed by atoms with Crippen molar-refractivity contribution in [3.8, 4) is 5.69 Å². The molecule has 1 atom stereocenters. The third-order valence-electron chi connectivity index (χ3n) is 4.61. The number of benzene rings is 1. The highest BCUT2D eigenvalue weighted by Gasteiger charge is 2.13. The van der Waals surface area contributed by atoms with Crippen molar-refractivity contribution in [1.29, 1.82) is 0 Å². The summed E-state index contributed by atoms with van der Waals surface area (Å²) in [5.74, 6) is 1.01. The van der Waals surface area contributed by atoms with Crippen LogP contribution in [0.1, 0.15) is 29.9 Å². The van der Waals surface area contributed by atoms with Crippen molar-refractivity contribution in [2.45, 2.75) is 38.8 Å². The molecule has 0 saturated heterocycles. The van der Waals surface area contributed by atoms with Crippen LogP contribution in [0.5, 0.6) is 0 Å². The quantitative estimate of drug-likeness (QED) is 0.623. The first-order valence-corrected chi connectivity index (χ1v) is 9.19. The first kappa shape index (κ1) is 18.3. The Labute approximate surface area is 155 Å². The van der Waals surface area contributed by atoms with Crippen LogP contribution in [0.3, 0.4) is 0 Å². The van der Waals surface area contributed by atoms with E-state index in [9.17, 15) is 0 Å². The fraction of sp³-hybridized carbons (Fsp3) is 0.333. The van der Waals surface area contributed by atoms with Crippen molar-refractivity contribution >= 4 is 0 Å². The van der Waals surface area contributed by atoms with E-state index in [-0.39, 0.29) is 0 Å². The largest absolute Gasteiger partial charge is 0.330 e. The standard InChI is InChI=1S/C21H27N5/c1-17-7-6-12-23-20(17)15-18(8-5-11-22)25-16-21-24-13-14-26(21)19-9-3-2-4-10-19/h2-4,6-7,9-10,12-14,18,25H,5,8,11,15-16,22H2,1H3. The van der Waals surface area contributed by atoms with Crippen molar-refractivity contribution in [3.63, 3.8) is 0 Å². The predicted molar refractivity (Wildman–Crippen MR) is 105 cm³/mol. The van der Waals surface area contributed by atoms with Gasteiger partial charge in [0.15, 0.2) is 0 Å². The molecule has 1 unspecified atom stereocenters. The van der Waals surface area contributed by atoms with Gasteiger partial charge in [0.25, 0.3) is 0 Å². The molecule has 0 spiro atoms. The minimum absolute atomic E-state index is 0.327. The first-order valence-electron chi connectivity index (χ1n) is 9.19. The maximum Gasteiger partial charge on any atom is 0.127 e. The van der Waals surface area contributed by atoms with Crippen molar-refractivity contribution in [2.24, 2.45) is 5.73 Å². The summed E-state index contributed by atoms with van der Waals surface area (Å²) in [5, 5.41) is 3.66. The van der Waals surface area contributed by atoms with Gasteiger partial charge >= 0.3 is 0 Å². The number of aromatic nitrogens is 3. The van der Waals surface area contributed by atoms with Crippen LogP contribution in [0.15, 0.2) is 61.1 Å². The molecule has 0 aliphatic rings. The van der Waals surface area contributed by atoms with Crippen LogP contribution in [0.2, 0.25) is 0 Å². The van der Waals surface area contributed by atoms with Gasteiger partial charge in [-0.25, -0.2) is 4.98 Å². The van der Waals surface area contributed by atoms with E-state index in [2.05, 4.69) is 45.0 Å². The van der Waals surface area contributed by atoms with Crippen LogP contribution in [0.25, 0.3) is 5.69 Å². The van der Waals surface area contributed by atoms with Crippen LogP contribution in [-0.4, -0.2) is 27.1 Å². The SMILES string of the molecule is Cc1cccnc1CC(CCCN)NCc1nccn1-c1ccccc1. The van der Waals surface area contributed by atoms with Gasteiger partial charge in [0.1, 0.15) is 5.82 Å². The summed E-state index contributed by atoms with van der Waals surface area (Å²) in [6, 6.07) is 14.7. The van der Waals surface area contributed by atoms with Crippen molar-refractivity contribution in [2.75, 3.05) is 6.54 Å². The molecule has 2 heterocycles. The number of nitrogens with one attached hydrogen (secondary N) is 1. The maximum atomic E-state index is 5.73. The molecule has 0 saturated carbocycles. The lowest BCUT2D eigenvalue weighted by Gasteiger charge is -2.19. The minimum Gasteiger partial charge on any atom is -0.330 e. The average molecular weight is 349 g/mol. The number of aryl methyl sites for hydroxylation is 1. The van der Waals surface area contributed by atoms with E-state index in [1.807, 2.05) is 42.9 Å². The van der Waals surface area contributed by atoms with Gasteiger partial charge < -0.3 is 15.6 Å². The molecule has 0 aliphatic carbocycles. The summed E-state index contributed by atoms with van der Waals surface area (Å²) < 4.78 is 2.12. The van der Waals surface area contributed by atoms with Crippen molar-refractivity contribution in [1.82, 2.24) is 19.9 Å². The number of imidazole rings is 1. The third-order valence-corrected chi connectivity index (χ3v) is 4.61. The molecule has 0 radical (unpaired) electrons. The fourth-order valence-electron chi connectivity index (χ4n) is 3.13. The Hall–Kier alpha value is -2.50. The van der Waals surface area contributed by atoms with Gasteiger partial charge in [-0.05, 0) is 50.1 Å². The molecular formula is C21H27N5.